The average molecular weight is 330 g/mol. The number of thiophene rings is 1. The van der Waals surface area contributed by atoms with Crippen molar-refractivity contribution < 1.29 is 4.79 Å². The molecule has 2 rings (SSSR count). The Morgan fingerprint density at radius 3 is 3.00 bits per heavy atom. The smallest absolute Gasteiger partial charge is 0.262 e. The zero-order chi connectivity index (χ0) is 13.2. The predicted molar refractivity (Wildman–Crippen MR) is 80.7 cm³/mol. The molecule has 18 heavy (non-hydrogen) atoms. The lowest BCUT2D eigenvalue weighted by molar-refractivity contribution is 0.0873. The summed E-state index contributed by atoms with van der Waals surface area (Å²) in [6.45, 7) is 4.27. The Balaban J connectivity index is 2.11. The third-order valence-electron chi connectivity index (χ3n) is 3.79. The van der Waals surface area contributed by atoms with E-state index in [-0.39, 0.29) is 11.4 Å². The molecule has 2 nitrogen and oxygen atoms in total. The number of nitrogens with one attached hydrogen (secondary N) is 1. The molecular weight excluding hydrogens is 310 g/mol. The van der Waals surface area contributed by atoms with Crippen molar-refractivity contribution >= 4 is 33.2 Å². The number of alkyl halides is 1. The summed E-state index contributed by atoms with van der Waals surface area (Å²) >= 11 is 5.12. The van der Waals surface area contributed by atoms with Crippen molar-refractivity contribution in [3.63, 3.8) is 0 Å². The van der Waals surface area contributed by atoms with Crippen LogP contribution in [0.5, 0.6) is 0 Å². The maximum absolute atomic E-state index is 12.3. The van der Waals surface area contributed by atoms with Crippen LogP contribution in [-0.2, 0) is 0 Å². The van der Waals surface area contributed by atoms with Crippen LogP contribution in [0, 0.1) is 12.8 Å². The lowest BCUT2D eigenvalue weighted by Gasteiger charge is -2.39. The van der Waals surface area contributed by atoms with E-state index in [1.54, 1.807) is 0 Å². The summed E-state index contributed by atoms with van der Waals surface area (Å²) in [5.41, 5.74) is 1.02. The summed E-state index contributed by atoms with van der Waals surface area (Å²) in [7, 11) is 0. The van der Waals surface area contributed by atoms with Gasteiger partial charge in [-0.1, -0.05) is 35.7 Å². The van der Waals surface area contributed by atoms with Crippen molar-refractivity contribution in [3.8, 4) is 0 Å². The summed E-state index contributed by atoms with van der Waals surface area (Å²) in [4.78, 5) is 13.2. The molecule has 1 amide bonds. The van der Waals surface area contributed by atoms with Crippen LogP contribution in [0.1, 0.15) is 47.8 Å². The van der Waals surface area contributed by atoms with Gasteiger partial charge in [-0.25, -0.2) is 0 Å². The van der Waals surface area contributed by atoms with E-state index in [0.29, 0.717) is 5.92 Å². The second-order valence-corrected chi connectivity index (χ2v) is 6.98. The van der Waals surface area contributed by atoms with Crippen molar-refractivity contribution in [1.29, 1.82) is 0 Å². The van der Waals surface area contributed by atoms with Gasteiger partial charge in [-0.2, -0.15) is 0 Å². The van der Waals surface area contributed by atoms with Crippen molar-refractivity contribution in [1.82, 2.24) is 5.32 Å². The molecule has 0 saturated heterocycles. The normalized spacial score (nSPS) is 28.1. The van der Waals surface area contributed by atoms with E-state index in [4.69, 9.17) is 0 Å². The molecule has 1 aliphatic rings. The van der Waals surface area contributed by atoms with E-state index in [1.807, 2.05) is 18.4 Å². The first-order chi connectivity index (χ1) is 8.56. The second kappa shape index (κ2) is 5.74. The Hall–Kier alpha value is -0.350. The Morgan fingerprint density at radius 1 is 1.67 bits per heavy atom. The molecule has 1 heterocycles. The van der Waals surface area contributed by atoms with Gasteiger partial charge in [-0.15, -0.1) is 11.3 Å². The Morgan fingerprint density at radius 2 is 2.44 bits per heavy atom. The van der Waals surface area contributed by atoms with E-state index >= 15 is 0 Å². The minimum Gasteiger partial charge on any atom is -0.345 e. The van der Waals surface area contributed by atoms with Crippen LogP contribution in [0.25, 0.3) is 0 Å². The molecular formula is C14H20BrNOS. The van der Waals surface area contributed by atoms with E-state index in [9.17, 15) is 4.79 Å². The third kappa shape index (κ3) is 2.97. The molecule has 0 aliphatic heterocycles. The number of rotatable bonds is 3. The quantitative estimate of drug-likeness (QED) is 0.830. The first-order valence-corrected chi connectivity index (χ1v) is 8.49. The molecule has 1 fully saturated rings. The Kier molecular flexibility index (Phi) is 4.49. The van der Waals surface area contributed by atoms with Gasteiger partial charge in [0.2, 0.25) is 0 Å². The van der Waals surface area contributed by atoms with E-state index < -0.39 is 0 Å². The number of hydrogen-bond donors (Lipinski definition) is 1. The van der Waals surface area contributed by atoms with Gasteiger partial charge in [-0.3, -0.25) is 4.79 Å². The van der Waals surface area contributed by atoms with E-state index in [1.165, 1.54) is 24.2 Å². The fraction of sp³-hybridized carbons (Fsp3) is 0.643. The van der Waals surface area contributed by atoms with Gasteiger partial charge < -0.3 is 5.32 Å². The lowest BCUT2D eigenvalue weighted by Crippen LogP contribution is -2.52. The molecule has 1 N–H and O–H groups in total. The van der Waals surface area contributed by atoms with E-state index in [0.717, 1.165) is 28.6 Å². The summed E-state index contributed by atoms with van der Waals surface area (Å²) in [6.07, 6.45) is 4.65. The van der Waals surface area contributed by atoms with Crippen LogP contribution in [0.3, 0.4) is 0 Å². The zero-order valence-electron chi connectivity index (χ0n) is 11.0. The third-order valence-corrected chi connectivity index (χ3v) is 5.88. The minimum atomic E-state index is -0.0504. The largest absolute Gasteiger partial charge is 0.345 e. The first-order valence-electron chi connectivity index (χ1n) is 6.49. The van der Waals surface area contributed by atoms with Gasteiger partial charge >= 0.3 is 0 Å². The molecule has 1 aromatic rings. The molecule has 0 aromatic carbocycles. The number of halogens is 1. The molecule has 2 atom stereocenters. The first kappa shape index (κ1) is 14.1. The van der Waals surface area contributed by atoms with Crippen LogP contribution < -0.4 is 5.32 Å². The van der Waals surface area contributed by atoms with Crippen LogP contribution >= 0.6 is 27.3 Å². The molecule has 1 aliphatic carbocycles. The van der Waals surface area contributed by atoms with Crippen molar-refractivity contribution in [2.24, 2.45) is 5.92 Å². The van der Waals surface area contributed by atoms with Gasteiger partial charge in [0, 0.05) is 5.33 Å². The van der Waals surface area contributed by atoms with Crippen LogP contribution in [0.2, 0.25) is 0 Å². The van der Waals surface area contributed by atoms with Gasteiger partial charge in [0.05, 0.1) is 10.4 Å². The number of hydrogen-bond acceptors (Lipinski definition) is 2. The van der Waals surface area contributed by atoms with Crippen molar-refractivity contribution in [2.45, 2.75) is 45.1 Å². The molecule has 0 spiro atoms. The lowest BCUT2D eigenvalue weighted by atomic mass is 9.77. The summed E-state index contributed by atoms with van der Waals surface area (Å²) < 4.78 is 0. The standard InChI is InChI=1S/C14H20BrNOS/c1-10-4-3-6-14(8-10,9-15)16-13(17)12-11(2)5-7-18-12/h5,7,10H,3-4,6,8-9H2,1-2H3,(H,16,17). The monoisotopic (exact) mass is 329 g/mol. The maximum Gasteiger partial charge on any atom is 0.262 e. The molecule has 0 bridgehead atoms. The highest BCUT2D eigenvalue weighted by molar-refractivity contribution is 9.09. The molecule has 0 radical (unpaired) electrons. The highest BCUT2D eigenvalue weighted by Crippen LogP contribution is 2.34. The van der Waals surface area contributed by atoms with E-state index in [2.05, 4.69) is 28.2 Å². The Labute approximate surface area is 121 Å². The number of carbonyl (C=O) groups is 1. The molecule has 1 saturated carbocycles. The summed E-state index contributed by atoms with van der Waals surface area (Å²) in [5, 5.41) is 6.11. The maximum atomic E-state index is 12.3. The Bertz CT molecular complexity index is 431. The predicted octanol–water partition coefficient (Wildman–Crippen LogP) is 4.13. The SMILES string of the molecule is Cc1ccsc1C(=O)NC1(CBr)CCCC(C)C1. The summed E-state index contributed by atoms with van der Waals surface area (Å²) in [6, 6.07) is 2.00. The van der Waals surface area contributed by atoms with Crippen LogP contribution in [-0.4, -0.2) is 16.8 Å². The highest BCUT2D eigenvalue weighted by atomic mass is 79.9. The average Bonchev–Trinajstić information content (AvgIpc) is 2.75. The summed E-state index contributed by atoms with van der Waals surface area (Å²) in [5.74, 6) is 0.789. The van der Waals surface area contributed by atoms with Gasteiger partial charge in [0.25, 0.3) is 5.91 Å². The fourth-order valence-corrected chi connectivity index (χ4v) is 4.30. The highest BCUT2D eigenvalue weighted by Gasteiger charge is 2.35. The molecule has 4 heteroatoms. The zero-order valence-corrected chi connectivity index (χ0v) is 13.4. The van der Waals surface area contributed by atoms with Gasteiger partial charge in [-0.05, 0) is 42.7 Å². The van der Waals surface area contributed by atoms with Crippen LogP contribution in [0.4, 0.5) is 0 Å². The molecule has 2 unspecified atom stereocenters. The topological polar surface area (TPSA) is 29.1 Å². The van der Waals surface area contributed by atoms with Gasteiger partial charge in [0.1, 0.15) is 0 Å². The number of aryl methyl sites for hydroxylation is 1. The minimum absolute atomic E-state index is 0.0504. The van der Waals surface area contributed by atoms with Gasteiger partial charge in [0.15, 0.2) is 0 Å². The second-order valence-electron chi connectivity index (χ2n) is 5.50. The molecule has 1 aromatic heterocycles. The van der Waals surface area contributed by atoms with Crippen molar-refractivity contribution in [3.05, 3.63) is 21.9 Å². The van der Waals surface area contributed by atoms with Crippen molar-refractivity contribution in [2.75, 3.05) is 5.33 Å². The number of amides is 1. The number of carbonyl (C=O) groups excluding carboxylic acids is 1. The fourth-order valence-electron chi connectivity index (χ4n) is 2.83. The van der Waals surface area contributed by atoms with Crippen LogP contribution in [0.15, 0.2) is 11.4 Å². The molecule has 100 valence electrons.